The first kappa shape index (κ1) is 24.5. The van der Waals surface area contributed by atoms with Crippen LogP contribution in [-0.4, -0.2) is 53.5 Å². The quantitative estimate of drug-likeness (QED) is 0.401. The Hall–Kier alpha value is -3.60. The number of carbonyl (C=O) groups excluding carboxylic acids is 1. The Labute approximate surface area is 200 Å². The minimum atomic E-state index is -4.78. The van der Waals surface area contributed by atoms with Crippen LogP contribution >= 0.6 is 0 Å². The van der Waals surface area contributed by atoms with E-state index in [1.165, 1.54) is 44.5 Å². The number of anilines is 2. The molecule has 2 aromatic carbocycles. The minimum absolute atomic E-state index is 0.191. The zero-order valence-corrected chi connectivity index (χ0v) is 19.0. The van der Waals surface area contributed by atoms with E-state index in [0.717, 1.165) is 31.6 Å². The van der Waals surface area contributed by atoms with Gasteiger partial charge >= 0.3 is 12.4 Å². The zero-order chi connectivity index (χ0) is 24.7. The molecule has 11 heteroatoms. The van der Waals surface area contributed by atoms with Gasteiger partial charge in [-0.05, 0) is 87.4 Å². The highest BCUT2D eigenvalue weighted by Gasteiger charge is 2.31. The number of hydrogen-bond acceptors (Lipinski definition) is 7. The van der Waals surface area contributed by atoms with Gasteiger partial charge in [-0.3, -0.25) is 4.79 Å². The Balaban J connectivity index is 1.25. The lowest BCUT2D eigenvalue weighted by Crippen LogP contribution is -2.31. The maximum absolute atomic E-state index is 12.4. The summed E-state index contributed by atoms with van der Waals surface area (Å²) in [6.07, 6.45) is 0.0796. The van der Waals surface area contributed by atoms with Crippen LogP contribution in [0.2, 0.25) is 0 Å². The summed E-state index contributed by atoms with van der Waals surface area (Å²) in [7, 11) is 0. The van der Waals surface area contributed by atoms with Gasteiger partial charge in [0.1, 0.15) is 5.75 Å². The molecular formula is C24H26F3N5O3. The third kappa shape index (κ3) is 7.44. The average Bonchev–Trinajstić information content (AvgIpc) is 3.31. The molecule has 1 amide bonds. The number of aromatic nitrogens is 2. The van der Waals surface area contributed by atoms with Crippen LogP contribution in [0.4, 0.5) is 24.9 Å². The maximum Gasteiger partial charge on any atom is 0.573 e. The number of likely N-dealkylation sites (tertiary alicyclic amines) is 1. The van der Waals surface area contributed by atoms with Crippen LogP contribution in [0.3, 0.4) is 0 Å². The van der Waals surface area contributed by atoms with Crippen LogP contribution in [-0.2, 0) is 0 Å². The monoisotopic (exact) mass is 489 g/mol. The van der Waals surface area contributed by atoms with Gasteiger partial charge in [0.2, 0.25) is 5.89 Å². The van der Waals surface area contributed by atoms with Crippen LogP contribution in [0.25, 0.3) is 11.5 Å². The maximum atomic E-state index is 12.4. The summed E-state index contributed by atoms with van der Waals surface area (Å²) < 4.78 is 46.2. The first-order valence-corrected chi connectivity index (χ1v) is 11.4. The Morgan fingerprint density at radius 1 is 1.00 bits per heavy atom. The molecule has 1 fully saturated rings. The molecule has 4 rings (SSSR count). The highest BCUT2D eigenvalue weighted by Crippen LogP contribution is 2.24. The van der Waals surface area contributed by atoms with Gasteiger partial charge in [0.05, 0.1) is 0 Å². The lowest BCUT2D eigenvalue weighted by molar-refractivity contribution is -0.274. The second-order valence-corrected chi connectivity index (χ2v) is 8.20. The van der Waals surface area contributed by atoms with Gasteiger partial charge in [-0.1, -0.05) is 11.5 Å². The van der Waals surface area contributed by atoms with Crippen molar-refractivity contribution in [3.63, 3.8) is 0 Å². The van der Waals surface area contributed by atoms with E-state index in [-0.39, 0.29) is 5.56 Å². The van der Waals surface area contributed by atoms with E-state index in [0.29, 0.717) is 23.2 Å². The standard InChI is InChI=1S/C24H26F3N5O3/c25-24(26,27)35-20-11-7-17(8-12-20)21(33)29-19-9-5-18(6-10-19)22-30-31-23(34-22)28-13-4-16-32-14-2-1-3-15-32/h5-12H,1-4,13-16H2,(H,28,31)(H,29,33). The van der Waals surface area contributed by atoms with Gasteiger partial charge in [0.15, 0.2) is 0 Å². The molecule has 186 valence electrons. The average molecular weight is 489 g/mol. The fourth-order valence-electron chi connectivity index (χ4n) is 3.80. The molecule has 2 heterocycles. The van der Waals surface area contributed by atoms with E-state index in [4.69, 9.17) is 4.42 Å². The molecule has 1 aliphatic heterocycles. The molecule has 35 heavy (non-hydrogen) atoms. The van der Waals surface area contributed by atoms with Crippen molar-refractivity contribution in [1.82, 2.24) is 15.1 Å². The Morgan fingerprint density at radius 3 is 2.40 bits per heavy atom. The molecule has 2 N–H and O–H groups in total. The first-order valence-electron chi connectivity index (χ1n) is 11.4. The molecule has 0 atom stereocenters. The summed E-state index contributed by atoms with van der Waals surface area (Å²) in [4.78, 5) is 14.8. The molecule has 1 saturated heterocycles. The van der Waals surface area contributed by atoms with Crippen molar-refractivity contribution in [3.05, 3.63) is 54.1 Å². The largest absolute Gasteiger partial charge is 0.573 e. The van der Waals surface area contributed by atoms with Crippen molar-refractivity contribution in [2.75, 3.05) is 36.8 Å². The second-order valence-electron chi connectivity index (χ2n) is 8.20. The molecule has 0 radical (unpaired) electrons. The number of alkyl halides is 3. The summed E-state index contributed by atoms with van der Waals surface area (Å²) in [5.41, 5.74) is 1.38. The lowest BCUT2D eigenvalue weighted by Gasteiger charge is -2.26. The number of rotatable bonds is 9. The van der Waals surface area contributed by atoms with Crippen LogP contribution < -0.4 is 15.4 Å². The topological polar surface area (TPSA) is 92.5 Å². The number of piperidine rings is 1. The fraction of sp³-hybridized carbons (Fsp3) is 0.375. The van der Waals surface area contributed by atoms with E-state index in [1.54, 1.807) is 24.3 Å². The van der Waals surface area contributed by atoms with E-state index in [2.05, 4.69) is 30.5 Å². The number of amides is 1. The van der Waals surface area contributed by atoms with Crippen molar-refractivity contribution in [1.29, 1.82) is 0 Å². The molecule has 0 saturated carbocycles. The number of carbonyl (C=O) groups is 1. The molecule has 0 bridgehead atoms. The zero-order valence-electron chi connectivity index (χ0n) is 19.0. The summed E-state index contributed by atoms with van der Waals surface area (Å²) >= 11 is 0. The minimum Gasteiger partial charge on any atom is -0.406 e. The van der Waals surface area contributed by atoms with Crippen molar-refractivity contribution < 1.29 is 27.1 Å². The number of ether oxygens (including phenoxy) is 1. The molecular weight excluding hydrogens is 463 g/mol. The molecule has 1 aromatic heterocycles. The highest BCUT2D eigenvalue weighted by atomic mass is 19.4. The summed E-state index contributed by atoms with van der Waals surface area (Å²) in [5.74, 6) is -0.513. The van der Waals surface area contributed by atoms with Gasteiger partial charge in [0.25, 0.3) is 5.91 Å². The molecule has 0 unspecified atom stereocenters. The number of nitrogens with zero attached hydrogens (tertiary/aromatic N) is 3. The van der Waals surface area contributed by atoms with Crippen molar-refractivity contribution >= 4 is 17.6 Å². The fourth-order valence-corrected chi connectivity index (χ4v) is 3.80. The molecule has 0 spiro atoms. The molecule has 8 nitrogen and oxygen atoms in total. The second kappa shape index (κ2) is 11.2. The predicted octanol–water partition coefficient (Wildman–Crippen LogP) is 5.18. The molecule has 1 aliphatic rings. The van der Waals surface area contributed by atoms with Crippen LogP contribution in [0.15, 0.2) is 52.9 Å². The smallest absolute Gasteiger partial charge is 0.406 e. The third-order valence-electron chi connectivity index (χ3n) is 5.54. The van der Waals surface area contributed by atoms with Crippen LogP contribution in [0, 0.1) is 0 Å². The van der Waals surface area contributed by atoms with E-state index >= 15 is 0 Å². The molecule has 3 aromatic rings. The summed E-state index contributed by atoms with van der Waals surface area (Å²) in [6.45, 7) is 4.13. The number of benzene rings is 2. The first-order chi connectivity index (χ1) is 16.9. The van der Waals surface area contributed by atoms with Gasteiger partial charge in [0, 0.05) is 23.4 Å². The third-order valence-corrected chi connectivity index (χ3v) is 5.54. The Morgan fingerprint density at radius 2 is 1.71 bits per heavy atom. The molecule has 0 aliphatic carbocycles. The van der Waals surface area contributed by atoms with Gasteiger partial charge < -0.3 is 24.7 Å². The van der Waals surface area contributed by atoms with Gasteiger partial charge in [-0.15, -0.1) is 18.3 Å². The van der Waals surface area contributed by atoms with Gasteiger partial charge in [-0.2, -0.15) is 0 Å². The summed E-state index contributed by atoms with van der Waals surface area (Å²) in [6, 6.07) is 11.8. The van der Waals surface area contributed by atoms with Crippen LogP contribution in [0.1, 0.15) is 36.0 Å². The number of nitrogens with one attached hydrogen (secondary N) is 2. The highest BCUT2D eigenvalue weighted by molar-refractivity contribution is 6.04. The predicted molar refractivity (Wildman–Crippen MR) is 124 cm³/mol. The summed E-state index contributed by atoms with van der Waals surface area (Å²) in [5, 5.41) is 13.9. The normalized spacial score (nSPS) is 14.5. The van der Waals surface area contributed by atoms with Gasteiger partial charge in [-0.25, -0.2) is 0 Å². The Bertz CT molecular complexity index is 1090. The number of halogens is 3. The van der Waals surface area contributed by atoms with Crippen LogP contribution in [0.5, 0.6) is 5.75 Å². The Kier molecular flexibility index (Phi) is 7.86. The lowest BCUT2D eigenvalue weighted by atomic mass is 10.1. The SMILES string of the molecule is O=C(Nc1ccc(-c2nnc(NCCCN3CCCCC3)o2)cc1)c1ccc(OC(F)(F)F)cc1. The van der Waals surface area contributed by atoms with E-state index in [1.807, 2.05) is 0 Å². The number of hydrogen-bond donors (Lipinski definition) is 2. The van der Waals surface area contributed by atoms with E-state index in [9.17, 15) is 18.0 Å². The van der Waals surface area contributed by atoms with E-state index < -0.39 is 18.0 Å². The van der Waals surface area contributed by atoms with Crippen molar-refractivity contribution in [2.45, 2.75) is 32.0 Å². The van der Waals surface area contributed by atoms with Crippen molar-refractivity contribution in [3.8, 4) is 17.2 Å². The van der Waals surface area contributed by atoms with Crippen molar-refractivity contribution in [2.24, 2.45) is 0 Å².